The second kappa shape index (κ2) is 8.60. The minimum Gasteiger partial charge on any atom is -0.478 e. The lowest BCUT2D eigenvalue weighted by Crippen LogP contribution is -2.20. The van der Waals surface area contributed by atoms with Gasteiger partial charge in [-0.25, -0.2) is 4.79 Å². The van der Waals surface area contributed by atoms with Crippen LogP contribution in [0.2, 0.25) is 0 Å². The van der Waals surface area contributed by atoms with E-state index in [0.717, 1.165) is 38.8 Å². The van der Waals surface area contributed by atoms with Gasteiger partial charge in [-0.1, -0.05) is 26.7 Å². The van der Waals surface area contributed by atoms with Crippen LogP contribution in [0.15, 0.2) is 12.3 Å². The van der Waals surface area contributed by atoms with Gasteiger partial charge in [-0.3, -0.25) is 0 Å². The van der Waals surface area contributed by atoms with Gasteiger partial charge in [-0.05, 0) is 12.8 Å². The molecule has 0 aromatic heterocycles. The molecule has 0 fully saturated rings. The predicted octanol–water partition coefficient (Wildman–Crippen LogP) is 2.49. The van der Waals surface area contributed by atoms with Crippen molar-refractivity contribution in [1.82, 2.24) is 4.90 Å². The van der Waals surface area contributed by atoms with Crippen LogP contribution in [0.5, 0.6) is 0 Å². The molecule has 3 nitrogen and oxygen atoms in total. The topological polar surface area (TPSA) is 40.5 Å². The van der Waals surface area contributed by atoms with Crippen molar-refractivity contribution in [2.75, 3.05) is 13.1 Å². The molecular formula is C11H21NO2. The largest absolute Gasteiger partial charge is 0.478 e. The SMILES string of the molecule is CCCCN(C=CC(=O)O)CCCC. The fraction of sp³-hybridized carbons (Fsp3) is 0.727. The average molecular weight is 199 g/mol. The normalized spacial score (nSPS) is 10.7. The van der Waals surface area contributed by atoms with E-state index in [1.807, 2.05) is 0 Å². The number of carbonyl (C=O) groups is 1. The third-order valence-electron chi connectivity index (χ3n) is 2.03. The van der Waals surface area contributed by atoms with Gasteiger partial charge in [0.1, 0.15) is 0 Å². The maximum atomic E-state index is 10.3. The molecule has 0 radical (unpaired) electrons. The van der Waals surface area contributed by atoms with Crippen molar-refractivity contribution in [3.05, 3.63) is 12.3 Å². The van der Waals surface area contributed by atoms with Crippen LogP contribution >= 0.6 is 0 Å². The first-order valence-corrected chi connectivity index (χ1v) is 5.35. The van der Waals surface area contributed by atoms with Crippen molar-refractivity contribution >= 4 is 5.97 Å². The van der Waals surface area contributed by atoms with E-state index in [-0.39, 0.29) is 0 Å². The molecule has 0 saturated carbocycles. The van der Waals surface area contributed by atoms with Crippen LogP contribution in [0.25, 0.3) is 0 Å². The fourth-order valence-electron chi connectivity index (χ4n) is 1.15. The van der Waals surface area contributed by atoms with Crippen LogP contribution in [0, 0.1) is 0 Å². The number of aliphatic carboxylic acids is 1. The van der Waals surface area contributed by atoms with Gasteiger partial charge in [-0.2, -0.15) is 0 Å². The van der Waals surface area contributed by atoms with E-state index in [2.05, 4.69) is 18.7 Å². The summed E-state index contributed by atoms with van der Waals surface area (Å²) in [6.45, 7) is 6.19. The first-order valence-electron chi connectivity index (χ1n) is 5.35. The summed E-state index contributed by atoms with van der Waals surface area (Å²) in [6.07, 6.45) is 7.42. The Kier molecular flexibility index (Phi) is 7.99. The number of unbranched alkanes of at least 4 members (excludes halogenated alkanes) is 2. The molecule has 0 aromatic carbocycles. The van der Waals surface area contributed by atoms with E-state index < -0.39 is 5.97 Å². The molecule has 0 heterocycles. The highest BCUT2D eigenvalue weighted by molar-refractivity contribution is 5.79. The van der Waals surface area contributed by atoms with E-state index in [1.165, 1.54) is 6.08 Å². The zero-order chi connectivity index (χ0) is 10.8. The predicted molar refractivity (Wildman–Crippen MR) is 58.2 cm³/mol. The van der Waals surface area contributed by atoms with Gasteiger partial charge in [0.05, 0.1) is 0 Å². The first kappa shape index (κ1) is 13.0. The van der Waals surface area contributed by atoms with Gasteiger partial charge in [0, 0.05) is 25.4 Å². The number of carboxylic acid groups (broad SMARTS) is 1. The van der Waals surface area contributed by atoms with Crippen molar-refractivity contribution < 1.29 is 9.90 Å². The summed E-state index contributed by atoms with van der Waals surface area (Å²) in [5, 5.41) is 8.50. The van der Waals surface area contributed by atoms with Gasteiger partial charge < -0.3 is 10.0 Å². The summed E-state index contributed by atoms with van der Waals surface area (Å²) in [5.74, 6) is -0.872. The molecule has 0 saturated heterocycles. The Labute approximate surface area is 86.4 Å². The van der Waals surface area contributed by atoms with Crippen LogP contribution in [0.1, 0.15) is 39.5 Å². The van der Waals surface area contributed by atoms with E-state index in [9.17, 15) is 4.79 Å². The molecule has 0 aromatic rings. The van der Waals surface area contributed by atoms with Crippen LogP contribution in [0.4, 0.5) is 0 Å². The Morgan fingerprint density at radius 1 is 1.21 bits per heavy atom. The fourth-order valence-corrected chi connectivity index (χ4v) is 1.15. The Balaban J connectivity index is 3.89. The summed E-state index contributed by atoms with van der Waals surface area (Å²) in [4.78, 5) is 12.4. The Morgan fingerprint density at radius 2 is 1.71 bits per heavy atom. The molecule has 0 unspecified atom stereocenters. The minimum absolute atomic E-state index is 0.872. The first-order chi connectivity index (χ1) is 6.70. The maximum absolute atomic E-state index is 10.3. The number of hydrogen-bond donors (Lipinski definition) is 1. The summed E-state index contributed by atoms with van der Waals surface area (Å²) >= 11 is 0. The summed E-state index contributed by atoms with van der Waals surface area (Å²) in [5.41, 5.74) is 0. The van der Waals surface area contributed by atoms with E-state index in [4.69, 9.17) is 5.11 Å². The molecule has 0 spiro atoms. The highest BCUT2D eigenvalue weighted by Gasteiger charge is 1.98. The molecular weight excluding hydrogens is 178 g/mol. The van der Waals surface area contributed by atoms with Gasteiger partial charge in [-0.15, -0.1) is 0 Å². The third-order valence-corrected chi connectivity index (χ3v) is 2.03. The van der Waals surface area contributed by atoms with Gasteiger partial charge in [0.25, 0.3) is 0 Å². The zero-order valence-electron chi connectivity index (χ0n) is 9.20. The molecule has 0 aliphatic heterocycles. The molecule has 0 aliphatic carbocycles. The van der Waals surface area contributed by atoms with E-state index >= 15 is 0 Å². The van der Waals surface area contributed by atoms with Gasteiger partial charge >= 0.3 is 5.97 Å². The van der Waals surface area contributed by atoms with Crippen molar-refractivity contribution in [3.8, 4) is 0 Å². The third kappa shape index (κ3) is 7.65. The lowest BCUT2D eigenvalue weighted by atomic mass is 10.3. The van der Waals surface area contributed by atoms with Crippen molar-refractivity contribution in [2.24, 2.45) is 0 Å². The maximum Gasteiger partial charge on any atom is 0.329 e. The minimum atomic E-state index is -0.872. The smallest absolute Gasteiger partial charge is 0.329 e. The molecule has 1 N–H and O–H groups in total. The number of hydrogen-bond acceptors (Lipinski definition) is 2. The standard InChI is InChI=1S/C11H21NO2/c1-3-5-8-12(9-6-4-2)10-7-11(13)14/h7,10H,3-6,8-9H2,1-2H3,(H,13,14). The molecule has 0 bridgehead atoms. The molecule has 0 aliphatic rings. The van der Waals surface area contributed by atoms with Crippen LogP contribution in [-0.4, -0.2) is 29.1 Å². The Morgan fingerprint density at radius 3 is 2.07 bits per heavy atom. The van der Waals surface area contributed by atoms with Crippen LogP contribution in [0.3, 0.4) is 0 Å². The van der Waals surface area contributed by atoms with Gasteiger partial charge in [0.2, 0.25) is 0 Å². The lowest BCUT2D eigenvalue weighted by molar-refractivity contribution is -0.131. The monoisotopic (exact) mass is 199 g/mol. The van der Waals surface area contributed by atoms with E-state index in [0.29, 0.717) is 0 Å². The van der Waals surface area contributed by atoms with Gasteiger partial charge in [0.15, 0.2) is 0 Å². The summed E-state index contributed by atoms with van der Waals surface area (Å²) in [6, 6.07) is 0. The van der Waals surface area contributed by atoms with Crippen LogP contribution < -0.4 is 0 Å². The average Bonchev–Trinajstić information content (AvgIpc) is 2.16. The number of rotatable bonds is 8. The summed E-state index contributed by atoms with van der Waals surface area (Å²) in [7, 11) is 0. The molecule has 0 rings (SSSR count). The quantitative estimate of drug-likeness (QED) is 0.610. The number of nitrogens with zero attached hydrogens (tertiary/aromatic N) is 1. The van der Waals surface area contributed by atoms with E-state index in [1.54, 1.807) is 6.20 Å². The second-order valence-corrected chi connectivity index (χ2v) is 3.40. The Hall–Kier alpha value is -0.990. The lowest BCUT2D eigenvalue weighted by Gasteiger charge is -2.19. The zero-order valence-corrected chi connectivity index (χ0v) is 9.20. The highest BCUT2D eigenvalue weighted by atomic mass is 16.4. The van der Waals surface area contributed by atoms with Crippen molar-refractivity contribution in [1.29, 1.82) is 0 Å². The number of carboxylic acids is 1. The molecule has 0 amide bonds. The van der Waals surface area contributed by atoms with Crippen molar-refractivity contribution in [2.45, 2.75) is 39.5 Å². The highest BCUT2D eigenvalue weighted by Crippen LogP contribution is 1.99. The second-order valence-electron chi connectivity index (χ2n) is 3.40. The van der Waals surface area contributed by atoms with Crippen LogP contribution in [-0.2, 0) is 4.79 Å². The molecule has 0 atom stereocenters. The molecule has 14 heavy (non-hydrogen) atoms. The summed E-state index contributed by atoms with van der Waals surface area (Å²) < 4.78 is 0. The Bertz CT molecular complexity index is 170. The molecule has 3 heteroatoms. The van der Waals surface area contributed by atoms with Crippen molar-refractivity contribution in [3.63, 3.8) is 0 Å². The molecule has 82 valence electrons.